The van der Waals surface area contributed by atoms with Crippen molar-refractivity contribution in [1.29, 1.82) is 0 Å². The molecule has 1 aliphatic carbocycles. The van der Waals surface area contributed by atoms with Crippen molar-refractivity contribution in [2.45, 2.75) is 51.9 Å². The molecule has 3 atom stereocenters. The van der Waals surface area contributed by atoms with Gasteiger partial charge in [0.15, 0.2) is 6.10 Å². The van der Waals surface area contributed by atoms with Gasteiger partial charge in [0.25, 0.3) is 0 Å². The number of allylic oxidation sites excluding steroid dienone is 2. The molecule has 0 unspecified atom stereocenters. The number of rotatable bonds is 1. The summed E-state index contributed by atoms with van der Waals surface area (Å²) in [4.78, 5) is 37.1. The molecule has 24 heavy (non-hydrogen) atoms. The number of carbonyl (C=O) groups is 3. The molecule has 1 saturated heterocycles. The van der Waals surface area contributed by atoms with Crippen molar-refractivity contribution in [3.8, 4) is 23.7 Å². The number of fused-ring (bicyclic) bond motifs is 1. The first kappa shape index (κ1) is 17.6. The van der Waals surface area contributed by atoms with Gasteiger partial charge in [0.1, 0.15) is 11.6 Å². The van der Waals surface area contributed by atoms with Crippen molar-refractivity contribution in [3.05, 3.63) is 12.2 Å². The molecule has 0 aromatic carbocycles. The molecule has 0 N–H and O–H groups in total. The SMILES string of the molecule is CC(=O)O[C@H]1C#C/C=C\C#CC[C@@H]2C(=O)N(C(=O)OC(C)(C)C)[C@@H]12. The van der Waals surface area contributed by atoms with Crippen LogP contribution in [0.15, 0.2) is 12.2 Å². The largest absolute Gasteiger partial charge is 0.447 e. The van der Waals surface area contributed by atoms with Crippen LogP contribution in [0.2, 0.25) is 0 Å². The molecular weight excluding hydrogens is 310 g/mol. The van der Waals surface area contributed by atoms with E-state index in [2.05, 4.69) is 23.7 Å². The Kier molecular flexibility index (Phi) is 4.99. The van der Waals surface area contributed by atoms with Crippen molar-refractivity contribution in [2.24, 2.45) is 5.92 Å². The van der Waals surface area contributed by atoms with E-state index >= 15 is 0 Å². The molecule has 6 heteroatoms. The molecule has 1 aliphatic heterocycles. The fourth-order valence-electron chi connectivity index (χ4n) is 2.45. The lowest BCUT2D eigenvalue weighted by Crippen LogP contribution is -2.68. The number of amides is 2. The molecule has 0 bridgehead atoms. The average Bonchev–Trinajstić information content (AvgIpc) is 2.43. The minimum Gasteiger partial charge on any atom is -0.447 e. The van der Waals surface area contributed by atoms with Crippen LogP contribution in [-0.2, 0) is 19.1 Å². The number of esters is 1. The van der Waals surface area contributed by atoms with Crippen molar-refractivity contribution >= 4 is 18.0 Å². The van der Waals surface area contributed by atoms with Crippen LogP contribution in [0.3, 0.4) is 0 Å². The zero-order valence-corrected chi connectivity index (χ0v) is 14.1. The number of carbonyl (C=O) groups excluding carboxylic acids is 3. The highest BCUT2D eigenvalue weighted by atomic mass is 16.6. The highest BCUT2D eigenvalue weighted by molar-refractivity contribution is 6.00. The molecular formula is C18H19NO5. The molecule has 126 valence electrons. The number of imide groups is 1. The number of nitrogens with zero attached hydrogens (tertiary/aromatic N) is 1. The summed E-state index contributed by atoms with van der Waals surface area (Å²) in [5, 5.41) is 0. The second-order valence-corrected chi connectivity index (χ2v) is 6.46. The van der Waals surface area contributed by atoms with Crippen LogP contribution in [0.5, 0.6) is 0 Å². The van der Waals surface area contributed by atoms with E-state index in [9.17, 15) is 14.4 Å². The smallest absolute Gasteiger partial charge is 0.417 e. The first-order valence-corrected chi connectivity index (χ1v) is 7.58. The zero-order chi connectivity index (χ0) is 17.9. The summed E-state index contributed by atoms with van der Waals surface area (Å²) in [6, 6.07) is -0.704. The maximum atomic E-state index is 12.4. The molecule has 1 heterocycles. The van der Waals surface area contributed by atoms with E-state index in [-0.39, 0.29) is 6.42 Å². The fraction of sp³-hybridized carbons (Fsp3) is 0.500. The van der Waals surface area contributed by atoms with E-state index in [1.807, 2.05) is 0 Å². The topological polar surface area (TPSA) is 72.9 Å². The summed E-state index contributed by atoms with van der Waals surface area (Å²) >= 11 is 0. The molecule has 1 fully saturated rings. The van der Waals surface area contributed by atoms with Gasteiger partial charge in [-0.2, -0.15) is 0 Å². The first-order valence-electron chi connectivity index (χ1n) is 7.58. The maximum Gasteiger partial charge on any atom is 0.417 e. The first-order chi connectivity index (χ1) is 11.2. The van der Waals surface area contributed by atoms with E-state index in [1.165, 1.54) is 13.0 Å². The standard InChI is InChI=1S/C18H19NO5/c1-12(20)23-14-11-9-7-5-6-8-10-13-15(14)19(16(13)21)17(22)24-18(2,3)4/h5,7,13-15H,10H2,1-4H3/b7-5-/t13-,14-,15+/m0/s1. The van der Waals surface area contributed by atoms with Gasteiger partial charge in [-0.25, -0.2) is 9.69 Å². The molecule has 2 amide bonds. The van der Waals surface area contributed by atoms with Gasteiger partial charge in [-0.15, -0.1) is 0 Å². The Morgan fingerprint density at radius 1 is 1.25 bits per heavy atom. The number of hydrogen-bond donors (Lipinski definition) is 0. The van der Waals surface area contributed by atoms with Gasteiger partial charge in [0.05, 0.1) is 5.92 Å². The monoisotopic (exact) mass is 329 g/mol. The minimum atomic E-state index is -0.915. The molecule has 0 aromatic rings. The van der Waals surface area contributed by atoms with Crippen molar-refractivity contribution in [3.63, 3.8) is 0 Å². The molecule has 0 aromatic heterocycles. The van der Waals surface area contributed by atoms with Crippen molar-refractivity contribution in [1.82, 2.24) is 4.90 Å². The number of ether oxygens (including phenoxy) is 2. The van der Waals surface area contributed by atoms with Crippen LogP contribution < -0.4 is 0 Å². The predicted octanol–water partition coefficient (Wildman–Crippen LogP) is 1.65. The Morgan fingerprint density at radius 2 is 1.92 bits per heavy atom. The quantitative estimate of drug-likeness (QED) is 0.415. The molecule has 0 saturated carbocycles. The van der Waals surface area contributed by atoms with E-state index in [0.717, 1.165) is 4.90 Å². The fourth-order valence-corrected chi connectivity index (χ4v) is 2.45. The van der Waals surface area contributed by atoms with Crippen LogP contribution in [-0.4, -0.2) is 40.6 Å². The third-order valence-corrected chi connectivity index (χ3v) is 3.36. The Balaban J connectivity index is 2.33. The van der Waals surface area contributed by atoms with E-state index in [0.29, 0.717) is 0 Å². The van der Waals surface area contributed by atoms with Crippen LogP contribution in [0.4, 0.5) is 4.79 Å². The van der Waals surface area contributed by atoms with Crippen LogP contribution in [0.1, 0.15) is 34.1 Å². The third-order valence-electron chi connectivity index (χ3n) is 3.36. The second-order valence-electron chi connectivity index (χ2n) is 6.46. The lowest BCUT2D eigenvalue weighted by molar-refractivity contribution is -0.167. The summed E-state index contributed by atoms with van der Waals surface area (Å²) in [5.41, 5.74) is -0.746. The van der Waals surface area contributed by atoms with Crippen LogP contribution in [0, 0.1) is 29.6 Å². The number of likely N-dealkylation sites (tertiary alicyclic amines) is 1. The molecule has 6 nitrogen and oxygen atoms in total. The Labute approximate surface area is 141 Å². The van der Waals surface area contributed by atoms with Gasteiger partial charge >= 0.3 is 12.1 Å². The van der Waals surface area contributed by atoms with Gasteiger partial charge in [-0.3, -0.25) is 9.59 Å². The zero-order valence-electron chi connectivity index (χ0n) is 14.1. The second kappa shape index (κ2) is 6.80. The van der Waals surface area contributed by atoms with Crippen molar-refractivity contribution < 1.29 is 23.9 Å². The van der Waals surface area contributed by atoms with E-state index in [1.54, 1.807) is 26.8 Å². The van der Waals surface area contributed by atoms with Gasteiger partial charge in [-0.1, -0.05) is 23.7 Å². The Hall–Kier alpha value is -2.73. The van der Waals surface area contributed by atoms with E-state index < -0.39 is 41.6 Å². The normalized spacial score (nSPS) is 26.4. The van der Waals surface area contributed by atoms with Gasteiger partial charge in [0, 0.05) is 13.3 Å². The maximum absolute atomic E-state index is 12.4. The Bertz CT molecular complexity index is 708. The van der Waals surface area contributed by atoms with E-state index in [4.69, 9.17) is 9.47 Å². The Morgan fingerprint density at radius 3 is 2.54 bits per heavy atom. The predicted molar refractivity (Wildman–Crippen MR) is 85.2 cm³/mol. The van der Waals surface area contributed by atoms with Crippen molar-refractivity contribution in [2.75, 3.05) is 0 Å². The van der Waals surface area contributed by atoms with Gasteiger partial charge in [0.2, 0.25) is 5.91 Å². The third kappa shape index (κ3) is 3.97. The molecule has 0 radical (unpaired) electrons. The summed E-state index contributed by atoms with van der Waals surface area (Å²) < 4.78 is 10.5. The van der Waals surface area contributed by atoms with Crippen LogP contribution >= 0.6 is 0 Å². The lowest BCUT2D eigenvalue weighted by atomic mass is 9.81. The molecule has 0 spiro atoms. The lowest BCUT2D eigenvalue weighted by Gasteiger charge is -2.46. The summed E-state index contributed by atoms with van der Waals surface area (Å²) in [6.07, 6.45) is 1.66. The molecule has 2 rings (SSSR count). The average molecular weight is 329 g/mol. The number of β-lactam (4-membered cyclic amide) rings is 1. The number of hydrogen-bond acceptors (Lipinski definition) is 5. The highest BCUT2D eigenvalue weighted by Crippen LogP contribution is 2.34. The molecule has 2 aliphatic rings. The van der Waals surface area contributed by atoms with Crippen LogP contribution in [0.25, 0.3) is 0 Å². The highest BCUT2D eigenvalue weighted by Gasteiger charge is 2.56. The summed E-state index contributed by atoms with van der Waals surface area (Å²) in [7, 11) is 0. The van der Waals surface area contributed by atoms with Gasteiger partial charge < -0.3 is 9.47 Å². The minimum absolute atomic E-state index is 0.257. The summed E-state index contributed by atoms with van der Waals surface area (Å²) in [6.45, 7) is 6.38. The van der Waals surface area contributed by atoms with Gasteiger partial charge in [-0.05, 0) is 32.9 Å². The summed E-state index contributed by atoms with van der Waals surface area (Å²) in [5.74, 6) is 9.62.